The van der Waals surface area contributed by atoms with Crippen molar-refractivity contribution in [2.45, 2.75) is 36.1 Å². The van der Waals surface area contributed by atoms with Crippen LogP contribution in [-0.4, -0.2) is 58.7 Å². The molecule has 0 unspecified atom stereocenters. The van der Waals surface area contributed by atoms with E-state index in [1.165, 1.54) is 0 Å². The molecule has 1 N–H and O–H groups in total. The fourth-order valence-electron chi connectivity index (χ4n) is 3.32. The Kier molecular flexibility index (Phi) is 6.22. The van der Waals surface area contributed by atoms with E-state index >= 15 is 0 Å². The van der Waals surface area contributed by atoms with Crippen LogP contribution < -0.4 is 4.74 Å². The average molecular weight is 557 g/mol. The molecule has 19 heteroatoms. The predicted molar refractivity (Wildman–Crippen MR) is 102 cm³/mol. The van der Waals surface area contributed by atoms with Crippen molar-refractivity contribution in [1.82, 2.24) is 5.01 Å². The van der Waals surface area contributed by atoms with Crippen molar-refractivity contribution in [1.29, 1.82) is 0 Å². The molecule has 0 aliphatic carbocycles. The first kappa shape index (κ1) is 27.1. The number of esters is 1. The van der Waals surface area contributed by atoms with Gasteiger partial charge in [0, 0.05) is 5.56 Å². The number of hydrogen-bond acceptors (Lipinski definition) is 7. The largest absolute Gasteiger partial charge is 0.569 e. The van der Waals surface area contributed by atoms with E-state index in [-0.39, 0.29) is 42.2 Å². The summed E-state index contributed by atoms with van der Waals surface area (Å²) in [5.74, 6) is -4.02. The predicted octanol–water partition coefficient (Wildman–Crippen LogP) is 4.91. The van der Waals surface area contributed by atoms with Crippen molar-refractivity contribution >= 4 is 28.2 Å². The van der Waals surface area contributed by atoms with Gasteiger partial charge in [0.2, 0.25) is 11.4 Å². The fraction of sp³-hybridized carbons (Fsp3) is 0.412. The molecule has 0 saturated carbocycles. The Morgan fingerprint density at radius 2 is 1.92 bits per heavy atom. The second-order valence-corrected chi connectivity index (χ2v) is 9.89. The average Bonchev–Trinajstić information content (AvgIpc) is 3.23. The van der Waals surface area contributed by atoms with Crippen LogP contribution in [0.3, 0.4) is 0 Å². The number of halogens is 8. The van der Waals surface area contributed by atoms with Crippen molar-refractivity contribution in [2.24, 2.45) is 5.28 Å². The molecule has 36 heavy (non-hydrogen) atoms. The molecule has 0 radical (unpaired) electrons. The molecule has 0 bridgehead atoms. The van der Waals surface area contributed by atoms with Crippen molar-refractivity contribution < 1.29 is 66.6 Å². The smallest absolute Gasteiger partial charge is 0.430 e. The zero-order chi connectivity index (χ0) is 27.2. The molecule has 2 heterocycles. The highest BCUT2D eigenvalue weighted by Gasteiger charge is 2.65. The second-order valence-electron chi connectivity index (χ2n) is 7.48. The van der Waals surface area contributed by atoms with Gasteiger partial charge in [-0.1, -0.05) is 19.4 Å². The number of alkyl halides is 3. The van der Waals surface area contributed by atoms with E-state index in [1.54, 1.807) is 0 Å². The zero-order valence-corrected chi connectivity index (χ0v) is 18.3. The van der Waals surface area contributed by atoms with Crippen LogP contribution in [0.4, 0.5) is 32.6 Å². The minimum Gasteiger partial charge on any atom is -0.569 e. The molecule has 2 aliphatic rings. The first-order valence-corrected chi connectivity index (χ1v) is 11.5. The summed E-state index contributed by atoms with van der Waals surface area (Å²) in [4.78, 5) is 24.9. The maximum atomic E-state index is 13.4. The highest BCUT2D eigenvalue weighted by molar-refractivity contribution is 8.45. The fourth-order valence-corrected chi connectivity index (χ4v) is 3.99. The van der Waals surface area contributed by atoms with Crippen molar-refractivity contribution in [3.63, 3.8) is 0 Å². The summed E-state index contributed by atoms with van der Waals surface area (Å²) in [5.41, 5.74) is -2.30. The SMILES string of the molecule is O=C(OCO/N=[N+](\[O-])N1CCC[C@H]1C(=O)O)C1=Cc2cc(S(F)(F)(F)(F)F)ccc2O[C@@H]1C(F)(F)F. The number of fused-ring (bicyclic) bond motifs is 1. The van der Waals surface area contributed by atoms with E-state index in [0.29, 0.717) is 6.42 Å². The van der Waals surface area contributed by atoms with Crippen molar-refractivity contribution in [3.8, 4) is 5.75 Å². The highest BCUT2D eigenvalue weighted by Crippen LogP contribution is 3.02. The number of carbonyl (C=O) groups excluding carboxylic acids is 1. The standard InChI is InChI=1S/C17H15F8N3O7S/c18-17(19,20)14-11(7-9-6-10(3-4-13(9)35-14)36(21,22,23,24)25)16(31)33-8-34-26-28(32)27-5-1-2-12(27)15(29)30/h3-4,6-7,12,14H,1-2,5,8H2,(H,29,30)/b28-26-/t12-,14-/m0/s1. The summed E-state index contributed by atoms with van der Waals surface area (Å²) < 4.78 is 114. The van der Waals surface area contributed by atoms with E-state index in [9.17, 15) is 47.4 Å². The third-order valence-corrected chi connectivity index (χ3v) is 6.04. The molecule has 1 aromatic rings. The lowest BCUT2D eigenvalue weighted by Gasteiger charge is -2.41. The summed E-state index contributed by atoms with van der Waals surface area (Å²) in [6.45, 7) is -1.28. The summed E-state index contributed by atoms with van der Waals surface area (Å²) in [6, 6.07) is -1.28. The Morgan fingerprint density at radius 1 is 1.25 bits per heavy atom. The van der Waals surface area contributed by atoms with Crippen molar-refractivity contribution in [2.75, 3.05) is 13.3 Å². The summed E-state index contributed by atoms with van der Waals surface area (Å²) in [5, 5.41) is 24.5. The van der Waals surface area contributed by atoms with E-state index in [2.05, 4.69) is 19.6 Å². The van der Waals surface area contributed by atoms with E-state index in [1.807, 2.05) is 0 Å². The Labute approximate surface area is 195 Å². The number of aliphatic carboxylic acids is 1. The van der Waals surface area contributed by atoms with Gasteiger partial charge >= 0.3 is 28.3 Å². The van der Waals surface area contributed by atoms with E-state index < -0.39 is 69.1 Å². The minimum atomic E-state index is -10.2. The van der Waals surface area contributed by atoms with Crippen LogP contribution >= 0.6 is 10.2 Å². The van der Waals surface area contributed by atoms with Gasteiger partial charge in [0.25, 0.3) is 6.79 Å². The van der Waals surface area contributed by atoms with Crippen molar-refractivity contribution in [3.05, 3.63) is 34.5 Å². The summed E-state index contributed by atoms with van der Waals surface area (Å²) >= 11 is 0. The molecular weight excluding hydrogens is 542 g/mol. The highest BCUT2D eigenvalue weighted by atomic mass is 32.5. The Morgan fingerprint density at radius 3 is 2.50 bits per heavy atom. The maximum absolute atomic E-state index is 13.4. The molecule has 2 atom stereocenters. The molecule has 0 spiro atoms. The molecule has 0 amide bonds. The molecule has 1 saturated heterocycles. The normalized spacial score (nSPS) is 22.5. The number of carbonyl (C=O) groups is 2. The van der Waals surface area contributed by atoms with Crippen LogP contribution in [-0.2, 0) is 19.2 Å². The molecule has 2 aliphatic heterocycles. The molecule has 1 aromatic carbocycles. The monoisotopic (exact) mass is 557 g/mol. The maximum Gasteiger partial charge on any atom is 0.430 e. The number of benzene rings is 1. The Hall–Kier alpha value is -3.51. The van der Waals surface area contributed by atoms with Gasteiger partial charge in [-0.2, -0.15) is 13.2 Å². The first-order valence-electron chi connectivity index (χ1n) is 9.57. The van der Waals surface area contributed by atoms with Crippen LogP contribution in [0.1, 0.15) is 18.4 Å². The van der Waals surface area contributed by atoms with Gasteiger partial charge < -0.3 is 24.6 Å². The lowest BCUT2D eigenvalue weighted by Crippen LogP contribution is -2.41. The molecule has 1 fully saturated rings. The lowest BCUT2D eigenvalue weighted by atomic mass is 10.0. The molecular formula is C17H15F8N3O7S. The van der Waals surface area contributed by atoms with Gasteiger partial charge in [-0.05, 0) is 37.1 Å². The molecule has 10 nitrogen and oxygen atoms in total. The van der Waals surface area contributed by atoms with Crippen LogP contribution in [0.25, 0.3) is 6.08 Å². The van der Waals surface area contributed by atoms with E-state index in [0.717, 1.165) is 5.01 Å². The second kappa shape index (κ2) is 8.27. The Balaban J connectivity index is 1.78. The molecule has 202 valence electrons. The van der Waals surface area contributed by atoms with Crippen LogP contribution in [0.5, 0.6) is 5.75 Å². The van der Waals surface area contributed by atoms with Gasteiger partial charge in [-0.3, -0.25) is 0 Å². The lowest BCUT2D eigenvalue weighted by molar-refractivity contribution is -0.712. The van der Waals surface area contributed by atoms with Crippen LogP contribution in [0.2, 0.25) is 0 Å². The van der Waals surface area contributed by atoms with Crippen LogP contribution in [0.15, 0.2) is 33.9 Å². The minimum absolute atomic E-state index is 0.00896. The summed E-state index contributed by atoms with van der Waals surface area (Å²) in [6.07, 6.45) is -7.61. The molecule has 0 aromatic heterocycles. The number of rotatable bonds is 7. The topological polar surface area (TPSA) is 124 Å². The number of carboxylic acids is 1. The zero-order valence-electron chi connectivity index (χ0n) is 17.5. The van der Waals surface area contributed by atoms with Gasteiger partial charge in [0.05, 0.1) is 17.1 Å². The van der Waals surface area contributed by atoms with Crippen LogP contribution in [0, 0.1) is 5.21 Å². The number of hydrogen-bond donors (Lipinski definition) is 1. The summed E-state index contributed by atoms with van der Waals surface area (Å²) in [7, 11) is -10.2. The Bertz CT molecular complexity index is 1140. The third-order valence-electron chi connectivity index (χ3n) is 4.90. The van der Waals surface area contributed by atoms with Gasteiger partial charge in [-0.15, -0.1) is 5.01 Å². The molecule has 3 rings (SSSR count). The first-order chi connectivity index (χ1) is 16.3. The van der Waals surface area contributed by atoms with Gasteiger partial charge in [-0.25, -0.2) is 9.59 Å². The quantitative estimate of drug-likeness (QED) is 0.0955. The van der Waals surface area contributed by atoms with Gasteiger partial charge in [0.1, 0.15) is 10.6 Å². The number of carboxylic acid groups (broad SMARTS) is 1. The number of nitrogens with zero attached hydrogens (tertiary/aromatic N) is 3. The number of ether oxygens (including phenoxy) is 2. The van der Waals surface area contributed by atoms with E-state index in [4.69, 9.17) is 5.11 Å². The van der Waals surface area contributed by atoms with Gasteiger partial charge in [0.15, 0.2) is 6.04 Å². The number of hydrazine groups is 1. The third kappa shape index (κ3) is 6.00.